The minimum absolute atomic E-state index is 0.0286. The second kappa shape index (κ2) is 18.7. The van der Waals surface area contributed by atoms with Crippen LogP contribution in [0, 0.1) is 0 Å². The minimum atomic E-state index is -0.137. The van der Waals surface area contributed by atoms with Crippen molar-refractivity contribution in [2.45, 2.75) is 63.6 Å². The molecule has 3 aromatic rings. The van der Waals surface area contributed by atoms with Crippen molar-refractivity contribution < 1.29 is 14.7 Å². The molecule has 0 bridgehead atoms. The number of nitrogens with one attached hydrogen (secondary N) is 2. The Hall–Kier alpha value is -2.62. The summed E-state index contributed by atoms with van der Waals surface area (Å²) >= 11 is 14.0. The fraction of sp³-hybridized carbons (Fsp3) is 0.367. The Morgan fingerprint density at radius 3 is 2.33 bits per heavy atom. The normalized spacial score (nSPS) is 17.8. The van der Waals surface area contributed by atoms with Gasteiger partial charge in [-0.2, -0.15) is 0 Å². The van der Waals surface area contributed by atoms with Crippen molar-refractivity contribution in [1.29, 1.82) is 0 Å². The predicted molar refractivity (Wildman–Crippen MR) is 165 cm³/mol. The van der Waals surface area contributed by atoms with Crippen LogP contribution in [0.4, 0.5) is 0 Å². The Bertz CT molecular complexity index is 1180. The Labute approximate surface area is 251 Å². The number of carbonyl (C=O) groups is 2. The van der Waals surface area contributed by atoms with Crippen LogP contribution in [0.25, 0.3) is 0 Å². The van der Waals surface area contributed by atoms with E-state index in [1.54, 1.807) is 36.3 Å². The van der Waals surface area contributed by atoms with E-state index < -0.39 is 0 Å². The molecular formula is C30H38Cl2N4O3S. The molecule has 1 fully saturated rings. The van der Waals surface area contributed by atoms with Crippen LogP contribution in [-0.4, -0.2) is 34.7 Å². The molecule has 7 nitrogen and oxygen atoms in total. The largest absolute Gasteiger partial charge is 0.390 e. The molecule has 0 radical (unpaired) electrons. The lowest BCUT2D eigenvalue weighted by molar-refractivity contribution is -0.106. The van der Waals surface area contributed by atoms with Crippen molar-refractivity contribution in [2.24, 2.45) is 5.73 Å². The van der Waals surface area contributed by atoms with Gasteiger partial charge in [-0.25, -0.2) is 0 Å². The van der Waals surface area contributed by atoms with Crippen LogP contribution in [0.3, 0.4) is 0 Å². The van der Waals surface area contributed by atoms with Gasteiger partial charge in [0.25, 0.3) is 5.91 Å². The third kappa shape index (κ3) is 10.7. The van der Waals surface area contributed by atoms with Crippen molar-refractivity contribution in [3.8, 4) is 0 Å². The Morgan fingerprint density at radius 1 is 1.07 bits per heavy atom. The molecule has 2 aromatic carbocycles. The number of primary amides is 1. The fourth-order valence-electron chi connectivity index (χ4n) is 4.60. The second-order valence-electron chi connectivity index (χ2n) is 9.27. The summed E-state index contributed by atoms with van der Waals surface area (Å²) in [4.78, 5) is 24.6. The topological polar surface area (TPSA) is 117 Å². The molecule has 1 aliphatic carbocycles. The number of halogens is 2. The number of rotatable bonds is 4. The molecule has 2 aliphatic rings. The number of nitrogens with zero attached hydrogens (tertiary/aromatic N) is 1. The van der Waals surface area contributed by atoms with E-state index in [0.717, 1.165) is 22.7 Å². The third-order valence-corrected chi connectivity index (χ3v) is 7.69. The SMILES string of the molecule is CC1c2ccccc2C(=O)NC1c1ccc(Cl)cc1Cl.CSNC1CCCCC1.NC=O.OCc1ccccn1. The summed E-state index contributed by atoms with van der Waals surface area (Å²) in [5.41, 5.74) is 7.56. The van der Waals surface area contributed by atoms with Gasteiger partial charge in [0.1, 0.15) is 0 Å². The van der Waals surface area contributed by atoms with Crippen LogP contribution in [0.15, 0.2) is 66.9 Å². The van der Waals surface area contributed by atoms with E-state index >= 15 is 0 Å². The molecule has 1 aromatic heterocycles. The lowest BCUT2D eigenvalue weighted by Crippen LogP contribution is -2.37. The van der Waals surface area contributed by atoms with Crippen molar-refractivity contribution in [3.63, 3.8) is 0 Å². The third-order valence-electron chi connectivity index (χ3n) is 6.56. The maximum atomic E-state index is 12.2. The highest BCUT2D eigenvalue weighted by Crippen LogP contribution is 2.39. The smallest absolute Gasteiger partial charge is 0.252 e. The average molecular weight is 606 g/mol. The van der Waals surface area contributed by atoms with E-state index in [-0.39, 0.29) is 30.9 Å². The van der Waals surface area contributed by atoms with Gasteiger partial charge in [-0.3, -0.25) is 19.3 Å². The van der Waals surface area contributed by atoms with Crippen LogP contribution in [0.5, 0.6) is 0 Å². The maximum absolute atomic E-state index is 12.2. The first-order valence-corrected chi connectivity index (χ1v) is 15.1. The van der Waals surface area contributed by atoms with E-state index in [1.807, 2.05) is 42.5 Å². The molecule has 5 rings (SSSR count). The zero-order valence-corrected chi connectivity index (χ0v) is 25.2. The number of nitrogens with two attached hydrogens (primary N) is 1. The van der Waals surface area contributed by atoms with Gasteiger partial charge in [-0.05, 0) is 60.6 Å². The molecule has 40 heavy (non-hydrogen) atoms. The summed E-state index contributed by atoms with van der Waals surface area (Å²) in [5, 5.41) is 12.7. The van der Waals surface area contributed by atoms with Crippen LogP contribution in [-0.2, 0) is 11.4 Å². The second-order valence-corrected chi connectivity index (χ2v) is 10.8. The summed E-state index contributed by atoms with van der Waals surface area (Å²) in [6.07, 6.45) is 11.1. The molecule has 2 unspecified atom stereocenters. The number of carbonyl (C=O) groups excluding carboxylic acids is 2. The molecule has 1 saturated carbocycles. The number of amides is 2. The van der Waals surface area contributed by atoms with Crippen molar-refractivity contribution >= 4 is 47.5 Å². The van der Waals surface area contributed by atoms with Gasteiger partial charge in [0.2, 0.25) is 6.41 Å². The van der Waals surface area contributed by atoms with Crippen LogP contribution >= 0.6 is 35.1 Å². The molecule has 2 heterocycles. The van der Waals surface area contributed by atoms with Crippen molar-refractivity contribution in [3.05, 3.63) is 99.3 Å². The molecule has 10 heteroatoms. The summed E-state index contributed by atoms with van der Waals surface area (Å²) in [5.74, 6) is 0.0947. The Morgan fingerprint density at radius 2 is 1.75 bits per heavy atom. The first kappa shape index (κ1) is 33.6. The van der Waals surface area contributed by atoms with Crippen LogP contribution in [0.2, 0.25) is 10.0 Å². The molecular weight excluding hydrogens is 567 g/mol. The number of hydrogen-bond acceptors (Lipinski definition) is 6. The lowest BCUT2D eigenvalue weighted by atomic mass is 9.82. The van der Waals surface area contributed by atoms with Gasteiger partial charge >= 0.3 is 0 Å². The van der Waals surface area contributed by atoms with Crippen molar-refractivity contribution in [1.82, 2.24) is 15.0 Å². The first-order chi connectivity index (χ1) is 19.4. The quantitative estimate of drug-likeness (QED) is 0.201. The van der Waals surface area contributed by atoms with E-state index in [9.17, 15) is 4.79 Å². The number of aromatic nitrogens is 1. The number of benzene rings is 2. The maximum Gasteiger partial charge on any atom is 0.252 e. The number of hydrogen-bond donors (Lipinski definition) is 4. The van der Waals surface area contributed by atoms with Gasteiger partial charge in [-0.1, -0.05) is 91.7 Å². The van der Waals surface area contributed by atoms with Gasteiger partial charge in [0.15, 0.2) is 0 Å². The highest BCUT2D eigenvalue weighted by Gasteiger charge is 2.32. The summed E-state index contributed by atoms with van der Waals surface area (Å²) in [7, 11) is 0. The van der Waals surface area contributed by atoms with E-state index in [0.29, 0.717) is 15.7 Å². The molecule has 5 N–H and O–H groups in total. The minimum Gasteiger partial charge on any atom is -0.390 e. The molecule has 0 spiro atoms. The monoisotopic (exact) mass is 604 g/mol. The highest BCUT2D eigenvalue weighted by molar-refractivity contribution is 7.96. The standard InChI is InChI=1S/C16H13Cl2NO.C7H15NS.C6H7NO.CH3NO/c1-9-11-4-2-3-5-12(11)16(20)19-15(9)13-7-6-10(17)8-14(13)18;1-9-8-7-5-3-2-4-6-7;8-5-6-3-1-2-4-7-6;2-1-3/h2-9,15H,1H3,(H,19,20);7-8H,2-6H2,1H3;1-4,8H,5H2;1H,(H2,2,3). The first-order valence-electron chi connectivity index (χ1n) is 13.2. The Kier molecular flexibility index (Phi) is 15.7. The highest BCUT2D eigenvalue weighted by atomic mass is 35.5. The van der Waals surface area contributed by atoms with Gasteiger partial charge in [0, 0.05) is 33.8 Å². The number of aliphatic hydroxyl groups is 1. The molecule has 0 saturated heterocycles. The zero-order chi connectivity index (χ0) is 29.3. The van der Waals surface area contributed by atoms with Gasteiger partial charge in [-0.15, -0.1) is 0 Å². The molecule has 216 valence electrons. The van der Waals surface area contributed by atoms with Crippen molar-refractivity contribution in [2.75, 3.05) is 6.26 Å². The summed E-state index contributed by atoms with van der Waals surface area (Å²) in [6.45, 7) is 2.12. The van der Waals surface area contributed by atoms with Crippen LogP contribution in [0.1, 0.15) is 78.2 Å². The lowest BCUT2D eigenvalue weighted by Gasteiger charge is -2.32. The van der Waals surface area contributed by atoms with E-state index in [1.165, 1.54) is 32.1 Å². The molecule has 2 amide bonds. The molecule has 1 aliphatic heterocycles. The average Bonchev–Trinajstić information content (AvgIpc) is 2.98. The van der Waals surface area contributed by atoms with Gasteiger partial charge in [0.05, 0.1) is 18.3 Å². The number of pyridine rings is 1. The van der Waals surface area contributed by atoms with E-state index in [2.05, 4.69) is 33.9 Å². The Balaban J connectivity index is 0.000000232. The van der Waals surface area contributed by atoms with Crippen LogP contribution < -0.4 is 15.8 Å². The zero-order valence-electron chi connectivity index (χ0n) is 22.9. The molecule has 2 atom stereocenters. The summed E-state index contributed by atoms with van der Waals surface area (Å²) in [6, 6.07) is 19.2. The number of fused-ring (bicyclic) bond motifs is 1. The fourth-order valence-corrected chi connectivity index (χ4v) is 5.70. The number of aliphatic hydroxyl groups excluding tert-OH is 1. The predicted octanol–water partition coefficient (Wildman–Crippen LogP) is 6.44. The summed E-state index contributed by atoms with van der Waals surface area (Å²) < 4.78 is 3.40. The van der Waals surface area contributed by atoms with Gasteiger partial charge < -0.3 is 16.2 Å². The van der Waals surface area contributed by atoms with E-state index in [4.69, 9.17) is 33.1 Å².